The highest BCUT2D eigenvalue weighted by molar-refractivity contribution is 7.80. The Bertz CT molecular complexity index is 842. The van der Waals surface area contributed by atoms with Crippen molar-refractivity contribution >= 4 is 17.3 Å². The van der Waals surface area contributed by atoms with Crippen molar-refractivity contribution in [1.82, 2.24) is 10.2 Å². The van der Waals surface area contributed by atoms with E-state index < -0.39 is 0 Å². The fourth-order valence-electron chi connectivity index (χ4n) is 4.40. The monoisotopic (exact) mass is 456 g/mol. The van der Waals surface area contributed by atoms with E-state index in [9.17, 15) is 0 Å². The average Bonchev–Trinajstić information content (AvgIpc) is 3.10. The van der Waals surface area contributed by atoms with Crippen LogP contribution >= 0.6 is 12.2 Å². The summed E-state index contributed by atoms with van der Waals surface area (Å²) in [4.78, 5) is 2.26. The molecule has 0 spiro atoms. The van der Waals surface area contributed by atoms with Gasteiger partial charge in [-0.2, -0.15) is 0 Å². The van der Waals surface area contributed by atoms with Gasteiger partial charge in [0.15, 0.2) is 16.6 Å². The molecule has 1 atom stereocenters. The van der Waals surface area contributed by atoms with Crippen molar-refractivity contribution in [3.05, 3.63) is 53.6 Å². The summed E-state index contributed by atoms with van der Waals surface area (Å²) in [6.45, 7) is 2.83. The van der Waals surface area contributed by atoms with E-state index in [-0.39, 0.29) is 6.04 Å². The van der Waals surface area contributed by atoms with E-state index in [2.05, 4.69) is 41.4 Å². The van der Waals surface area contributed by atoms with Crippen LogP contribution in [0.25, 0.3) is 0 Å². The largest absolute Gasteiger partial charge is 0.493 e. The Balaban J connectivity index is 1.89. The number of nitrogens with one attached hydrogen (secondary N) is 1. The Morgan fingerprint density at radius 3 is 2.09 bits per heavy atom. The van der Waals surface area contributed by atoms with Crippen LogP contribution in [0, 0.1) is 0 Å². The molecule has 0 amide bonds. The van der Waals surface area contributed by atoms with Gasteiger partial charge in [-0.3, -0.25) is 0 Å². The first-order chi connectivity index (χ1) is 15.6. The summed E-state index contributed by atoms with van der Waals surface area (Å²) in [6.07, 6.45) is 7.53. The highest BCUT2D eigenvalue weighted by atomic mass is 32.1. The maximum absolute atomic E-state index is 5.97. The van der Waals surface area contributed by atoms with Crippen LogP contribution in [-0.2, 0) is 6.54 Å². The van der Waals surface area contributed by atoms with E-state index >= 15 is 0 Å². The molecule has 0 saturated heterocycles. The first-order valence-electron chi connectivity index (χ1n) is 11.5. The lowest BCUT2D eigenvalue weighted by Crippen LogP contribution is -2.45. The van der Waals surface area contributed by atoms with Gasteiger partial charge in [-0.15, -0.1) is 0 Å². The molecule has 174 valence electrons. The zero-order valence-electron chi connectivity index (χ0n) is 19.7. The fourth-order valence-corrected chi connectivity index (χ4v) is 4.79. The lowest BCUT2D eigenvalue weighted by Gasteiger charge is -2.34. The second-order valence-electron chi connectivity index (χ2n) is 8.39. The lowest BCUT2D eigenvalue weighted by atomic mass is 10.1. The van der Waals surface area contributed by atoms with Crippen molar-refractivity contribution in [2.24, 2.45) is 0 Å². The minimum absolute atomic E-state index is 0.112. The third kappa shape index (κ3) is 6.06. The lowest BCUT2D eigenvalue weighted by molar-refractivity contribution is 0.308. The number of thiocarbonyl (C=S) groups is 1. The molecule has 0 radical (unpaired) electrons. The molecule has 1 saturated carbocycles. The Morgan fingerprint density at radius 2 is 1.56 bits per heavy atom. The van der Waals surface area contributed by atoms with Crippen molar-refractivity contribution < 1.29 is 14.2 Å². The second-order valence-corrected chi connectivity index (χ2v) is 8.77. The number of methoxy groups -OCH3 is 3. The van der Waals surface area contributed by atoms with Crippen molar-refractivity contribution in [3.63, 3.8) is 0 Å². The molecule has 1 fully saturated rings. The van der Waals surface area contributed by atoms with Gasteiger partial charge in [-0.25, -0.2) is 0 Å². The highest BCUT2D eigenvalue weighted by Gasteiger charge is 2.23. The third-order valence-corrected chi connectivity index (χ3v) is 6.62. The predicted molar refractivity (Wildman–Crippen MR) is 134 cm³/mol. The van der Waals surface area contributed by atoms with Crippen molar-refractivity contribution in [3.8, 4) is 17.2 Å². The van der Waals surface area contributed by atoms with Gasteiger partial charge in [-0.1, -0.05) is 56.0 Å². The summed E-state index contributed by atoms with van der Waals surface area (Å²) in [7, 11) is 4.91. The first-order valence-corrected chi connectivity index (χ1v) is 11.9. The predicted octanol–water partition coefficient (Wildman–Crippen LogP) is 5.87. The number of rotatable bonds is 8. The average molecular weight is 457 g/mol. The molecular weight excluding hydrogens is 420 g/mol. The van der Waals surface area contributed by atoms with Crippen LogP contribution in [0.3, 0.4) is 0 Å². The maximum atomic E-state index is 5.97. The van der Waals surface area contributed by atoms with Crippen molar-refractivity contribution in [2.75, 3.05) is 21.3 Å². The van der Waals surface area contributed by atoms with E-state index in [1.807, 2.05) is 18.2 Å². The third-order valence-electron chi connectivity index (χ3n) is 6.27. The van der Waals surface area contributed by atoms with Crippen LogP contribution in [0.2, 0.25) is 0 Å². The SMILES string of the molecule is COc1cc(CN(C(=S)NC2CCCCCC2)[C@@H](C)c2ccccc2)cc(OC)c1OC. The van der Waals surface area contributed by atoms with E-state index in [4.69, 9.17) is 26.4 Å². The summed E-state index contributed by atoms with van der Waals surface area (Å²) < 4.78 is 16.6. The molecule has 32 heavy (non-hydrogen) atoms. The molecule has 0 heterocycles. The van der Waals surface area contributed by atoms with Gasteiger partial charge >= 0.3 is 0 Å². The zero-order chi connectivity index (χ0) is 22.9. The Morgan fingerprint density at radius 1 is 0.969 bits per heavy atom. The second kappa shape index (κ2) is 12.0. The smallest absolute Gasteiger partial charge is 0.203 e. The van der Waals surface area contributed by atoms with Gasteiger partial charge in [0, 0.05) is 12.6 Å². The normalized spacial score (nSPS) is 15.4. The Hall–Kier alpha value is -2.47. The summed E-state index contributed by atoms with van der Waals surface area (Å²) in [5.41, 5.74) is 2.28. The van der Waals surface area contributed by atoms with Crippen LogP contribution in [0.1, 0.15) is 62.6 Å². The van der Waals surface area contributed by atoms with Gasteiger partial charge < -0.3 is 24.4 Å². The topological polar surface area (TPSA) is 43.0 Å². The van der Waals surface area contributed by atoms with Crippen LogP contribution in [0.4, 0.5) is 0 Å². The molecule has 5 nitrogen and oxygen atoms in total. The molecule has 1 aliphatic rings. The van der Waals surface area contributed by atoms with Gasteiger partial charge in [0.1, 0.15) is 0 Å². The molecule has 0 bridgehead atoms. The molecule has 0 aromatic heterocycles. The van der Waals surface area contributed by atoms with Gasteiger partial charge in [0.05, 0.1) is 27.4 Å². The van der Waals surface area contributed by atoms with Crippen LogP contribution < -0.4 is 19.5 Å². The first kappa shape index (κ1) is 24.2. The number of nitrogens with zero attached hydrogens (tertiary/aromatic N) is 1. The van der Waals surface area contributed by atoms with Crippen LogP contribution in [0.5, 0.6) is 17.2 Å². The highest BCUT2D eigenvalue weighted by Crippen LogP contribution is 2.39. The summed E-state index contributed by atoms with van der Waals surface area (Å²) in [5, 5.41) is 4.47. The minimum Gasteiger partial charge on any atom is -0.493 e. The Labute approximate surface area is 198 Å². The van der Waals surface area contributed by atoms with E-state index in [0.29, 0.717) is 29.8 Å². The molecular formula is C26H36N2O3S. The number of ether oxygens (including phenoxy) is 3. The van der Waals surface area contributed by atoms with E-state index in [0.717, 1.165) is 10.7 Å². The molecule has 3 rings (SSSR count). The van der Waals surface area contributed by atoms with Crippen LogP contribution in [0.15, 0.2) is 42.5 Å². The summed E-state index contributed by atoms with van der Waals surface area (Å²) in [6, 6.07) is 15.1. The minimum atomic E-state index is 0.112. The molecule has 2 aromatic rings. The van der Waals surface area contributed by atoms with E-state index in [1.165, 1.54) is 44.1 Å². The van der Waals surface area contributed by atoms with Crippen LogP contribution in [-0.4, -0.2) is 37.4 Å². The molecule has 6 heteroatoms. The molecule has 1 N–H and O–H groups in total. The number of hydrogen-bond acceptors (Lipinski definition) is 4. The summed E-state index contributed by atoms with van der Waals surface area (Å²) in [5.74, 6) is 1.90. The molecule has 1 aliphatic carbocycles. The number of benzene rings is 2. The molecule has 0 aliphatic heterocycles. The standard InChI is InChI=1S/C26H36N2O3S/c1-19(21-12-8-7-9-13-21)28(26(32)27-22-14-10-5-6-11-15-22)18-20-16-23(29-2)25(31-4)24(17-20)30-3/h7-9,12-13,16-17,19,22H,5-6,10-11,14-15,18H2,1-4H3,(H,27,32)/t19-/m0/s1. The van der Waals surface area contributed by atoms with Gasteiger partial charge in [-0.05, 0) is 55.2 Å². The van der Waals surface area contributed by atoms with Gasteiger partial charge in [0.25, 0.3) is 0 Å². The van der Waals surface area contributed by atoms with Gasteiger partial charge in [0.2, 0.25) is 5.75 Å². The maximum Gasteiger partial charge on any atom is 0.203 e. The quantitative estimate of drug-likeness (QED) is 0.396. The molecule has 2 aromatic carbocycles. The zero-order valence-corrected chi connectivity index (χ0v) is 20.5. The number of hydrogen-bond donors (Lipinski definition) is 1. The Kier molecular flexibility index (Phi) is 9.03. The fraction of sp³-hybridized carbons (Fsp3) is 0.500. The van der Waals surface area contributed by atoms with E-state index in [1.54, 1.807) is 21.3 Å². The summed E-state index contributed by atoms with van der Waals surface area (Å²) >= 11 is 5.97. The van der Waals surface area contributed by atoms with Crippen molar-refractivity contribution in [1.29, 1.82) is 0 Å². The van der Waals surface area contributed by atoms with Crippen molar-refractivity contribution in [2.45, 2.75) is 64.1 Å². The molecule has 0 unspecified atom stereocenters.